The SMILES string of the molecule is O=[PH](O)C(O)c1ccccc1.[H+].[H+].[Pr+3]. The van der Waals surface area contributed by atoms with Crippen molar-refractivity contribution < 1.29 is 58.7 Å². The summed E-state index contributed by atoms with van der Waals surface area (Å²) in [5.74, 6) is -1.22. The Balaban J connectivity index is -0.000000403. The van der Waals surface area contributed by atoms with Gasteiger partial charge < -0.3 is 10.00 Å². The van der Waals surface area contributed by atoms with Gasteiger partial charge in [-0.05, 0) is 5.56 Å². The molecule has 0 amide bonds. The van der Waals surface area contributed by atoms with E-state index in [1.54, 1.807) is 30.3 Å². The molecule has 0 spiro atoms. The first-order chi connectivity index (χ1) is 5.22. The van der Waals surface area contributed by atoms with Crippen molar-refractivity contribution in [2.24, 2.45) is 0 Å². The first-order valence-corrected chi connectivity index (χ1v) is 4.61. The van der Waals surface area contributed by atoms with Gasteiger partial charge in [0.15, 0.2) is 5.85 Å². The summed E-state index contributed by atoms with van der Waals surface area (Å²) < 4.78 is 10.4. The van der Waals surface area contributed by atoms with Crippen molar-refractivity contribution in [1.29, 1.82) is 0 Å². The maximum Gasteiger partial charge on any atom is 3.00 e. The van der Waals surface area contributed by atoms with Crippen LogP contribution in [0.5, 0.6) is 0 Å². The summed E-state index contributed by atoms with van der Waals surface area (Å²) in [5, 5.41) is 9.08. The third-order valence-corrected chi connectivity index (χ3v) is 2.15. The van der Waals surface area contributed by atoms with Crippen LogP contribution in [-0.2, 0) is 4.57 Å². The van der Waals surface area contributed by atoms with Crippen LogP contribution in [0.3, 0.4) is 0 Å². The van der Waals surface area contributed by atoms with Gasteiger partial charge in [0.2, 0.25) is 8.03 Å². The van der Waals surface area contributed by atoms with Crippen molar-refractivity contribution in [2.75, 3.05) is 0 Å². The quantitative estimate of drug-likeness (QED) is 0.811. The van der Waals surface area contributed by atoms with Gasteiger partial charge in [-0.25, -0.2) is 0 Å². The van der Waals surface area contributed by atoms with Crippen LogP contribution in [0.2, 0.25) is 0 Å². The Morgan fingerprint density at radius 3 is 2.25 bits per heavy atom. The van der Waals surface area contributed by atoms with Gasteiger partial charge in [-0.3, -0.25) is 4.57 Å². The van der Waals surface area contributed by atoms with Crippen molar-refractivity contribution in [2.45, 2.75) is 5.85 Å². The second kappa shape index (κ2) is 6.23. The monoisotopic (exact) mass is 315 g/mol. The molecular weight excluding hydrogens is 304 g/mol. The molecule has 0 aromatic heterocycles. The van der Waals surface area contributed by atoms with Crippen LogP contribution < -0.4 is 0 Å². The Bertz CT molecular complexity index is 260. The second-order valence-electron chi connectivity index (χ2n) is 2.15. The number of benzene rings is 1. The molecule has 0 saturated carbocycles. The van der Waals surface area contributed by atoms with E-state index in [1.807, 2.05) is 0 Å². The topological polar surface area (TPSA) is 57.5 Å². The molecule has 0 bridgehead atoms. The van der Waals surface area contributed by atoms with Gasteiger partial charge in [0, 0.05) is 0 Å². The summed E-state index contributed by atoms with van der Waals surface area (Å²) in [4.78, 5) is 8.57. The van der Waals surface area contributed by atoms with Crippen molar-refractivity contribution in [1.82, 2.24) is 0 Å². The zero-order valence-electron chi connectivity index (χ0n) is 8.34. The van der Waals surface area contributed by atoms with Gasteiger partial charge in [0.05, 0.1) is 0 Å². The molecule has 2 atom stereocenters. The van der Waals surface area contributed by atoms with Crippen molar-refractivity contribution >= 4 is 8.03 Å². The molecule has 5 heteroatoms. The predicted molar refractivity (Wildman–Crippen MR) is 44.8 cm³/mol. The molecule has 0 heterocycles. The Hall–Kier alpha value is 0.734. The molecule has 1 rings (SSSR count). The average molecular weight is 315 g/mol. The average Bonchev–Trinajstić information content (AvgIpc) is 2.05. The summed E-state index contributed by atoms with van der Waals surface area (Å²) in [5.41, 5.74) is 0.485. The largest absolute Gasteiger partial charge is 3.00 e. The molecule has 0 fully saturated rings. The van der Waals surface area contributed by atoms with E-state index < -0.39 is 13.9 Å². The summed E-state index contributed by atoms with van der Waals surface area (Å²) in [6, 6.07) is 8.43. The molecule has 0 aliphatic rings. The third-order valence-electron chi connectivity index (χ3n) is 1.35. The molecule has 0 radical (unpaired) electrons. The zero-order valence-corrected chi connectivity index (χ0v) is 11.0. The van der Waals surface area contributed by atoms with E-state index in [9.17, 15) is 4.57 Å². The van der Waals surface area contributed by atoms with Crippen LogP contribution >= 0.6 is 8.03 Å². The second-order valence-corrected chi connectivity index (χ2v) is 3.37. The Kier molecular flexibility index (Phi) is 6.61. The fourth-order valence-corrected chi connectivity index (χ4v) is 1.26. The summed E-state index contributed by atoms with van der Waals surface area (Å²) >= 11 is 0. The van der Waals surface area contributed by atoms with Crippen molar-refractivity contribution in [3.05, 3.63) is 35.9 Å². The van der Waals surface area contributed by atoms with Gasteiger partial charge in [0.1, 0.15) is 0 Å². The Labute approximate surface area is 108 Å². The van der Waals surface area contributed by atoms with Gasteiger partial charge in [-0.15, -0.1) is 0 Å². The Morgan fingerprint density at radius 2 is 1.83 bits per heavy atom. The van der Waals surface area contributed by atoms with Gasteiger partial charge in [-0.2, -0.15) is 0 Å². The number of rotatable bonds is 2. The minimum absolute atomic E-state index is 0. The van der Waals surface area contributed by atoms with Crippen LogP contribution in [0.1, 0.15) is 14.3 Å². The maximum atomic E-state index is 10.4. The van der Waals surface area contributed by atoms with Crippen LogP contribution in [0.4, 0.5) is 0 Å². The van der Waals surface area contributed by atoms with E-state index in [1.165, 1.54) is 0 Å². The summed E-state index contributed by atoms with van der Waals surface area (Å²) in [6.45, 7) is 0. The number of hydrogen-bond acceptors (Lipinski definition) is 2. The third kappa shape index (κ3) is 3.63. The molecule has 2 unspecified atom stereocenters. The molecule has 1 aromatic carbocycles. The molecule has 1 aromatic rings. The minimum atomic E-state index is -2.86. The smallest absolute Gasteiger partial charge is 0.378 e. The van der Waals surface area contributed by atoms with Crippen LogP contribution in [0.25, 0.3) is 0 Å². The normalized spacial score (nSPS) is 14.5. The molecular formula is C7H11O3PPr+5. The van der Waals surface area contributed by atoms with Gasteiger partial charge in [0.25, 0.3) is 0 Å². The van der Waals surface area contributed by atoms with Gasteiger partial charge in [-0.1, -0.05) is 30.3 Å². The van der Waals surface area contributed by atoms with Crippen LogP contribution in [0.15, 0.2) is 30.3 Å². The first-order valence-electron chi connectivity index (χ1n) is 3.17. The van der Waals surface area contributed by atoms with Crippen molar-refractivity contribution in [3.63, 3.8) is 0 Å². The summed E-state index contributed by atoms with van der Waals surface area (Å²) in [7, 11) is -2.86. The van der Waals surface area contributed by atoms with Gasteiger partial charge >= 0.3 is 44.1 Å². The maximum absolute atomic E-state index is 10.4. The van der Waals surface area contributed by atoms with E-state index in [0.717, 1.165) is 0 Å². The zero-order chi connectivity index (χ0) is 8.27. The number of aliphatic hydroxyl groups excluding tert-OH is 1. The summed E-state index contributed by atoms with van der Waals surface area (Å²) in [6.07, 6.45) is 0. The van der Waals surface area contributed by atoms with E-state index in [4.69, 9.17) is 10.00 Å². The van der Waals surface area contributed by atoms with Crippen LogP contribution in [0, 0.1) is 41.3 Å². The van der Waals surface area contributed by atoms with E-state index in [2.05, 4.69) is 0 Å². The first kappa shape index (κ1) is 12.7. The Morgan fingerprint density at radius 1 is 1.33 bits per heavy atom. The molecule has 0 aliphatic carbocycles. The molecule has 60 valence electrons. The van der Waals surface area contributed by atoms with E-state index in [-0.39, 0.29) is 44.1 Å². The molecule has 2 N–H and O–H groups in total. The molecule has 3 nitrogen and oxygen atoms in total. The predicted octanol–water partition coefficient (Wildman–Crippen LogP) is 1.37. The molecule has 0 saturated heterocycles. The van der Waals surface area contributed by atoms with E-state index in [0.29, 0.717) is 5.56 Å². The minimum Gasteiger partial charge on any atom is -0.378 e. The fourth-order valence-electron chi connectivity index (χ4n) is 0.778. The van der Waals surface area contributed by atoms with Crippen LogP contribution in [-0.4, -0.2) is 10.00 Å². The fraction of sp³-hybridized carbons (Fsp3) is 0.143. The number of aliphatic hydroxyl groups is 1. The number of hydrogen-bond donors (Lipinski definition) is 2. The van der Waals surface area contributed by atoms with Crippen molar-refractivity contribution in [3.8, 4) is 0 Å². The van der Waals surface area contributed by atoms with E-state index >= 15 is 0 Å². The standard InChI is InChI=1S/C7H9O3P.Pr/c8-7(11(9)10)6-4-2-1-3-5-6;/h1-5,7-8,11H,(H,9,10);/q;+3/p+2. The molecule has 0 aliphatic heterocycles. The molecule has 12 heavy (non-hydrogen) atoms.